The Morgan fingerprint density at radius 1 is 1.39 bits per heavy atom. The molecule has 8 nitrogen and oxygen atoms in total. The smallest absolute Gasteiger partial charge is 0.303 e. The van der Waals surface area contributed by atoms with E-state index in [1.807, 2.05) is 0 Å². The molecule has 1 aromatic rings. The van der Waals surface area contributed by atoms with Gasteiger partial charge in [0.25, 0.3) is 0 Å². The number of benzene rings is 1. The molecule has 0 aromatic heterocycles. The number of carboxylic acids is 1. The van der Waals surface area contributed by atoms with Crippen molar-refractivity contribution in [3.63, 3.8) is 0 Å². The van der Waals surface area contributed by atoms with Crippen LogP contribution >= 0.6 is 12.2 Å². The molecule has 0 aliphatic carbocycles. The summed E-state index contributed by atoms with van der Waals surface area (Å²) in [5.74, 6) is -0.756. The zero-order chi connectivity index (χ0) is 17.0. The molecule has 4 N–H and O–H groups in total. The Kier molecular flexibility index (Phi) is 5.22. The lowest BCUT2D eigenvalue weighted by atomic mass is 9.92. The first-order valence-electron chi connectivity index (χ1n) is 6.80. The van der Waals surface area contributed by atoms with Crippen LogP contribution in [0.2, 0.25) is 0 Å². The van der Waals surface area contributed by atoms with E-state index < -0.39 is 11.9 Å². The predicted molar refractivity (Wildman–Crippen MR) is 84.9 cm³/mol. The van der Waals surface area contributed by atoms with E-state index in [4.69, 9.17) is 32.5 Å². The number of nitrogens with zero attached hydrogens (tertiary/aromatic N) is 1. The third kappa shape index (κ3) is 4.46. The zero-order valence-electron chi connectivity index (χ0n) is 12.4. The summed E-state index contributed by atoms with van der Waals surface area (Å²) >= 11 is 4.73. The van der Waals surface area contributed by atoms with Gasteiger partial charge in [-0.3, -0.25) is 20.0 Å². The number of hydrazine groups is 1. The maximum Gasteiger partial charge on any atom is 0.303 e. The van der Waals surface area contributed by atoms with Gasteiger partial charge in [-0.2, -0.15) is 0 Å². The molecule has 1 aromatic carbocycles. The number of carbonyl (C=O) groups is 2. The Balaban J connectivity index is 2.12. The summed E-state index contributed by atoms with van der Waals surface area (Å²) < 4.78 is 10.5. The summed E-state index contributed by atoms with van der Waals surface area (Å²) in [4.78, 5) is 23.1. The molecule has 1 amide bonds. The molecule has 2 rings (SSSR count). The van der Waals surface area contributed by atoms with Crippen LogP contribution in [0.1, 0.15) is 24.3 Å². The largest absolute Gasteiger partial charge is 0.481 e. The summed E-state index contributed by atoms with van der Waals surface area (Å²) in [5, 5.41) is 10.3. The third-order valence-corrected chi connectivity index (χ3v) is 3.62. The SMILES string of the molecule is CN(NC(=O)CC(CC(=O)O)c1ccc2c(c1)OCO2)C(N)=S. The first kappa shape index (κ1) is 16.8. The minimum absolute atomic E-state index is 0.0104. The Morgan fingerprint density at radius 2 is 2.09 bits per heavy atom. The van der Waals surface area contributed by atoms with Gasteiger partial charge in [0.05, 0.1) is 6.42 Å². The van der Waals surface area contributed by atoms with Crippen molar-refractivity contribution in [2.24, 2.45) is 5.73 Å². The summed E-state index contributed by atoms with van der Waals surface area (Å²) in [6.45, 7) is 0.127. The van der Waals surface area contributed by atoms with E-state index in [0.29, 0.717) is 17.1 Å². The molecule has 0 saturated heterocycles. The monoisotopic (exact) mass is 339 g/mol. The second kappa shape index (κ2) is 7.14. The van der Waals surface area contributed by atoms with Crippen molar-refractivity contribution in [1.29, 1.82) is 0 Å². The van der Waals surface area contributed by atoms with Gasteiger partial charge >= 0.3 is 5.97 Å². The molecule has 1 aliphatic rings. The number of fused-ring (bicyclic) bond motifs is 1. The quantitative estimate of drug-likeness (QED) is 0.527. The molecule has 1 atom stereocenters. The molecule has 0 fully saturated rings. The van der Waals surface area contributed by atoms with Gasteiger partial charge in [-0.25, -0.2) is 0 Å². The number of aliphatic carboxylic acids is 1. The predicted octanol–water partition coefficient (Wildman–Crippen LogP) is 0.570. The van der Waals surface area contributed by atoms with Crippen molar-refractivity contribution < 1.29 is 24.2 Å². The first-order valence-corrected chi connectivity index (χ1v) is 7.21. The highest BCUT2D eigenvalue weighted by atomic mass is 32.1. The Morgan fingerprint density at radius 3 is 2.74 bits per heavy atom. The fourth-order valence-corrected chi connectivity index (χ4v) is 2.24. The number of nitrogens with two attached hydrogens (primary N) is 1. The van der Waals surface area contributed by atoms with Crippen molar-refractivity contribution in [3.8, 4) is 11.5 Å². The summed E-state index contributed by atoms with van der Waals surface area (Å²) in [6.07, 6.45) is -0.219. The molecule has 124 valence electrons. The van der Waals surface area contributed by atoms with Gasteiger partial charge in [0.15, 0.2) is 16.6 Å². The number of hydrogen-bond acceptors (Lipinski definition) is 5. The number of ether oxygens (including phenoxy) is 2. The van der Waals surface area contributed by atoms with Crippen LogP contribution in [0.25, 0.3) is 0 Å². The summed E-state index contributed by atoms with van der Waals surface area (Å²) in [7, 11) is 1.51. The van der Waals surface area contributed by atoms with E-state index in [-0.39, 0.29) is 30.7 Å². The Hall–Kier alpha value is -2.55. The van der Waals surface area contributed by atoms with Crippen molar-refractivity contribution >= 4 is 29.2 Å². The van der Waals surface area contributed by atoms with Gasteiger partial charge < -0.3 is 20.3 Å². The number of carbonyl (C=O) groups excluding carboxylic acids is 1. The average Bonchev–Trinajstić information content (AvgIpc) is 2.93. The molecule has 1 aliphatic heterocycles. The second-order valence-corrected chi connectivity index (χ2v) is 5.46. The van der Waals surface area contributed by atoms with Gasteiger partial charge in [-0.15, -0.1) is 0 Å². The van der Waals surface area contributed by atoms with E-state index in [1.165, 1.54) is 12.1 Å². The average molecular weight is 339 g/mol. The maximum atomic E-state index is 12.0. The molecule has 1 unspecified atom stereocenters. The third-order valence-electron chi connectivity index (χ3n) is 3.34. The summed E-state index contributed by atoms with van der Waals surface area (Å²) in [6, 6.07) is 5.12. The standard InChI is InChI=1S/C14H17N3O5S/c1-17(14(15)23)16-12(18)5-9(6-13(19)20)8-2-3-10-11(4-8)22-7-21-10/h2-4,9H,5-7H2,1H3,(H2,15,23)(H,16,18)(H,19,20). The lowest BCUT2D eigenvalue weighted by molar-refractivity contribution is -0.137. The van der Waals surface area contributed by atoms with Gasteiger partial charge in [0.2, 0.25) is 12.7 Å². The van der Waals surface area contributed by atoms with E-state index in [0.717, 1.165) is 0 Å². The van der Waals surface area contributed by atoms with Crippen LogP contribution in [0.5, 0.6) is 11.5 Å². The van der Waals surface area contributed by atoms with Crippen LogP contribution in [0.15, 0.2) is 18.2 Å². The number of nitrogens with one attached hydrogen (secondary N) is 1. The van der Waals surface area contributed by atoms with Gasteiger partial charge in [-0.1, -0.05) is 6.07 Å². The van der Waals surface area contributed by atoms with E-state index in [2.05, 4.69) is 5.43 Å². The highest BCUT2D eigenvalue weighted by Gasteiger charge is 2.23. The molecule has 9 heteroatoms. The fourth-order valence-electron chi connectivity index (χ4n) is 2.20. The van der Waals surface area contributed by atoms with Gasteiger partial charge in [0.1, 0.15) is 0 Å². The molecule has 0 radical (unpaired) electrons. The minimum Gasteiger partial charge on any atom is -0.481 e. The fraction of sp³-hybridized carbons (Fsp3) is 0.357. The highest BCUT2D eigenvalue weighted by molar-refractivity contribution is 7.80. The lowest BCUT2D eigenvalue weighted by Gasteiger charge is -2.20. The maximum absolute atomic E-state index is 12.0. The van der Waals surface area contributed by atoms with Crippen molar-refractivity contribution in [2.45, 2.75) is 18.8 Å². The van der Waals surface area contributed by atoms with Crippen LogP contribution in [0.4, 0.5) is 0 Å². The van der Waals surface area contributed by atoms with Crippen LogP contribution in [0.3, 0.4) is 0 Å². The van der Waals surface area contributed by atoms with E-state index in [9.17, 15) is 9.59 Å². The van der Waals surface area contributed by atoms with Crippen molar-refractivity contribution in [2.75, 3.05) is 13.8 Å². The second-order valence-electron chi connectivity index (χ2n) is 5.04. The Bertz CT molecular complexity index is 637. The number of rotatable bonds is 5. The minimum atomic E-state index is -0.997. The zero-order valence-corrected chi connectivity index (χ0v) is 13.3. The van der Waals surface area contributed by atoms with Crippen LogP contribution in [-0.2, 0) is 9.59 Å². The highest BCUT2D eigenvalue weighted by Crippen LogP contribution is 2.36. The number of thiocarbonyl (C=S) groups is 1. The Labute approximate surface area is 138 Å². The topological polar surface area (TPSA) is 114 Å². The molecule has 1 heterocycles. The molecule has 0 saturated carbocycles. The molecule has 0 bridgehead atoms. The van der Waals surface area contributed by atoms with Crippen molar-refractivity contribution in [1.82, 2.24) is 10.4 Å². The molecular weight excluding hydrogens is 322 g/mol. The molecule has 23 heavy (non-hydrogen) atoms. The molecular formula is C14H17N3O5S. The van der Waals surface area contributed by atoms with Crippen LogP contribution < -0.4 is 20.6 Å². The lowest BCUT2D eigenvalue weighted by Crippen LogP contribution is -2.46. The van der Waals surface area contributed by atoms with Crippen LogP contribution in [-0.4, -0.2) is 40.9 Å². The number of hydrogen-bond donors (Lipinski definition) is 3. The van der Waals surface area contributed by atoms with Gasteiger partial charge in [0, 0.05) is 19.4 Å². The summed E-state index contributed by atoms with van der Waals surface area (Å²) in [5.41, 5.74) is 8.56. The van der Waals surface area contributed by atoms with Gasteiger partial charge in [-0.05, 0) is 29.9 Å². The number of carboxylic acid groups (broad SMARTS) is 1. The number of amides is 1. The molecule has 0 spiro atoms. The first-order chi connectivity index (χ1) is 10.9. The van der Waals surface area contributed by atoms with E-state index in [1.54, 1.807) is 18.2 Å². The van der Waals surface area contributed by atoms with Crippen LogP contribution in [0, 0.1) is 0 Å². The van der Waals surface area contributed by atoms with Crippen molar-refractivity contribution in [3.05, 3.63) is 23.8 Å². The van der Waals surface area contributed by atoms with E-state index >= 15 is 0 Å². The normalized spacial score (nSPS) is 13.3.